The number of nitrogens with zero attached hydrogens (tertiary/aromatic N) is 3. The smallest absolute Gasteiger partial charge is 0.329 e. The second-order valence-electron chi connectivity index (χ2n) is 14.0. The molecule has 4 aliphatic rings. The van der Waals surface area contributed by atoms with Crippen molar-refractivity contribution >= 4 is 23.5 Å². The molecular weight excluding hydrogens is 594 g/mol. The van der Waals surface area contributed by atoms with Crippen LogP contribution < -0.4 is 15.0 Å². The van der Waals surface area contributed by atoms with Crippen LogP contribution in [0.25, 0.3) is 0 Å². The number of hydrogen-bond acceptors (Lipinski definition) is 7. The topological polar surface area (TPSA) is 114 Å². The first-order chi connectivity index (χ1) is 22.0. The number of ether oxygens (including phenoxy) is 2. The highest BCUT2D eigenvalue weighted by atomic mass is 19.3. The van der Waals surface area contributed by atoms with Crippen LogP contribution in [0.1, 0.15) is 93.8 Å². The summed E-state index contributed by atoms with van der Waals surface area (Å²) in [4.78, 5) is 37.2. The quantitative estimate of drug-likeness (QED) is 0.302. The van der Waals surface area contributed by atoms with Gasteiger partial charge in [0.15, 0.2) is 0 Å². The van der Waals surface area contributed by atoms with Gasteiger partial charge in [-0.3, -0.25) is 4.79 Å². The van der Waals surface area contributed by atoms with Gasteiger partial charge < -0.3 is 24.8 Å². The number of hydrogen-bond donors (Lipinski definition) is 2. The van der Waals surface area contributed by atoms with Crippen LogP contribution in [-0.4, -0.2) is 58.9 Å². The third-order valence-electron chi connectivity index (χ3n) is 11.0. The molecule has 9 nitrogen and oxygen atoms in total. The molecule has 11 heteroatoms. The van der Waals surface area contributed by atoms with Crippen molar-refractivity contribution in [3.63, 3.8) is 0 Å². The van der Waals surface area contributed by atoms with Crippen molar-refractivity contribution in [1.82, 2.24) is 15.3 Å². The normalized spacial score (nSPS) is 28.1. The summed E-state index contributed by atoms with van der Waals surface area (Å²) in [5, 5.41) is 13.3. The van der Waals surface area contributed by atoms with E-state index in [9.17, 15) is 14.7 Å². The number of rotatable bonds is 10. The maximum atomic E-state index is 15.5. The Morgan fingerprint density at radius 3 is 2.70 bits per heavy atom. The SMILES string of the molecule is CCC(F)(F)c1nc(N2CCc3cc(OCCC4CCOCC4)ccc32)ncc1C(=O)NC1(C(=O)O)C(C)CC2CC(C)CC1C2. The third kappa shape index (κ3) is 6.19. The van der Waals surface area contributed by atoms with Gasteiger partial charge in [-0.25, -0.2) is 14.8 Å². The molecule has 2 aromatic rings. The number of alkyl halides is 2. The van der Waals surface area contributed by atoms with Crippen molar-refractivity contribution in [2.24, 2.45) is 29.6 Å². The molecule has 3 fully saturated rings. The minimum atomic E-state index is -3.42. The number of halogens is 2. The van der Waals surface area contributed by atoms with Crippen LogP contribution in [-0.2, 0) is 21.9 Å². The lowest BCUT2D eigenvalue weighted by atomic mass is 9.56. The lowest BCUT2D eigenvalue weighted by molar-refractivity contribution is -0.155. The second-order valence-corrected chi connectivity index (χ2v) is 14.0. The molecule has 250 valence electrons. The highest BCUT2D eigenvalue weighted by Gasteiger charge is 2.57. The number of carbonyl (C=O) groups excluding carboxylic acids is 1. The standard InChI is InChI=1S/C35H46F2N4O5/c1-4-34(36,37)30-28(31(42)40-35(32(43)44)22(3)17-24-15-21(2)16-26(35)18-24)20-38-33(39-30)41-11-7-25-19-27(5-6-29(25)41)46-14-10-23-8-12-45-13-9-23/h5-6,19-24,26H,4,7-18H2,1-3H3,(H,40,42)(H,43,44). The average Bonchev–Trinajstić information content (AvgIpc) is 3.46. The Kier molecular flexibility index (Phi) is 9.24. The van der Waals surface area contributed by atoms with Crippen LogP contribution in [0.3, 0.4) is 0 Å². The van der Waals surface area contributed by atoms with E-state index in [2.05, 4.69) is 22.2 Å². The maximum absolute atomic E-state index is 15.5. The Balaban J connectivity index is 1.23. The van der Waals surface area contributed by atoms with E-state index < -0.39 is 35.5 Å². The van der Waals surface area contributed by atoms with Crippen LogP contribution in [0.15, 0.2) is 24.4 Å². The van der Waals surface area contributed by atoms with Gasteiger partial charge in [0, 0.05) is 38.1 Å². The van der Waals surface area contributed by atoms with Gasteiger partial charge >= 0.3 is 5.97 Å². The minimum absolute atomic E-state index is 0.0783. The summed E-state index contributed by atoms with van der Waals surface area (Å²) in [5.74, 6) is -3.85. The monoisotopic (exact) mass is 640 g/mol. The summed E-state index contributed by atoms with van der Waals surface area (Å²) < 4.78 is 42.5. The van der Waals surface area contributed by atoms with Gasteiger partial charge in [-0.1, -0.05) is 20.8 Å². The largest absolute Gasteiger partial charge is 0.494 e. The molecule has 5 atom stereocenters. The van der Waals surface area contributed by atoms with Crippen LogP contribution in [0.4, 0.5) is 20.4 Å². The van der Waals surface area contributed by atoms with E-state index in [0.717, 1.165) is 62.1 Å². The van der Waals surface area contributed by atoms with Gasteiger partial charge in [0.1, 0.15) is 17.0 Å². The Labute approximate surface area is 269 Å². The summed E-state index contributed by atoms with van der Waals surface area (Å²) in [7, 11) is 0. The Morgan fingerprint density at radius 2 is 1.96 bits per heavy atom. The molecule has 2 aliphatic carbocycles. The zero-order chi connectivity index (χ0) is 32.6. The molecule has 3 heterocycles. The fraction of sp³-hybridized carbons (Fsp3) is 0.657. The molecule has 2 N–H and O–H groups in total. The molecular formula is C35H46F2N4O5. The van der Waals surface area contributed by atoms with Crippen LogP contribution in [0, 0.1) is 29.6 Å². The number of aliphatic carboxylic acids is 1. The first-order valence-electron chi connectivity index (χ1n) is 16.9. The van der Waals surface area contributed by atoms with Gasteiger partial charge in [0.25, 0.3) is 11.8 Å². The Bertz CT molecular complexity index is 1450. The number of aromatic nitrogens is 2. The molecule has 1 aromatic carbocycles. The zero-order valence-electron chi connectivity index (χ0n) is 27.1. The fourth-order valence-electron chi connectivity index (χ4n) is 8.49. The first-order valence-corrected chi connectivity index (χ1v) is 16.9. The second kappa shape index (κ2) is 13.0. The van der Waals surface area contributed by atoms with Crippen molar-refractivity contribution in [2.75, 3.05) is 31.3 Å². The van der Waals surface area contributed by atoms with E-state index >= 15 is 8.78 Å². The molecule has 5 unspecified atom stereocenters. The van der Waals surface area contributed by atoms with Gasteiger partial charge in [0.05, 0.1) is 12.2 Å². The lowest BCUT2D eigenvalue weighted by Gasteiger charge is -2.52. The minimum Gasteiger partial charge on any atom is -0.494 e. The van der Waals surface area contributed by atoms with E-state index in [1.54, 1.807) is 4.90 Å². The van der Waals surface area contributed by atoms with Crippen molar-refractivity contribution in [1.29, 1.82) is 0 Å². The molecule has 1 saturated heterocycles. The lowest BCUT2D eigenvalue weighted by Crippen LogP contribution is -2.66. The molecule has 2 bridgehead atoms. The molecule has 0 spiro atoms. The molecule has 1 aromatic heterocycles. The van der Waals surface area contributed by atoms with Gasteiger partial charge in [-0.2, -0.15) is 8.78 Å². The van der Waals surface area contributed by atoms with Crippen molar-refractivity contribution < 1.29 is 33.0 Å². The predicted octanol–water partition coefficient (Wildman–Crippen LogP) is 6.51. The number of amides is 1. The number of carbonyl (C=O) groups is 2. The number of carboxylic acid groups (broad SMARTS) is 1. The Morgan fingerprint density at radius 1 is 1.17 bits per heavy atom. The van der Waals surface area contributed by atoms with Gasteiger partial charge in [-0.05, 0) is 105 Å². The van der Waals surface area contributed by atoms with Crippen molar-refractivity contribution in [3.05, 3.63) is 41.2 Å². The first kappa shape index (κ1) is 32.6. The molecule has 6 rings (SSSR count). The third-order valence-corrected chi connectivity index (χ3v) is 11.0. The van der Waals surface area contributed by atoms with Crippen molar-refractivity contribution in [3.8, 4) is 5.75 Å². The number of carboxylic acids is 1. The molecule has 46 heavy (non-hydrogen) atoms. The summed E-state index contributed by atoms with van der Waals surface area (Å²) in [6.45, 7) is 8.02. The van der Waals surface area contributed by atoms with Crippen LogP contribution >= 0.6 is 0 Å². The number of nitrogens with one attached hydrogen (secondary N) is 1. The number of fused-ring (bicyclic) bond motifs is 3. The van der Waals surface area contributed by atoms with Crippen LogP contribution in [0.5, 0.6) is 5.75 Å². The van der Waals surface area contributed by atoms with E-state index in [0.29, 0.717) is 56.6 Å². The highest BCUT2D eigenvalue weighted by molar-refractivity contribution is 5.99. The van der Waals surface area contributed by atoms with E-state index in [-0.39, 0.29) is 23.3 Å². The summed E-state index contributed by atoms with van der Waals surface area (Å²) in [5.41, 5.74) is -0.799. The summed E-state index contributed by atoms with van der Waals surface area (Å²) in [6.07, 6.45) is 7.39. The number of benzene rings is 1. The Hall–Kier alpha value is -3.34. The molecule has 1 amide bonds. The average molecular weight is 641 g/mol. The van der Waals surface area contributed by atoms with Gasteiger partial charge in [-0.15, -0.1) is 0 Å². The van der Waals surface area contributed by atoms with E-state index in [4.69, 9.17) is 9.47 Å². The summed E-state index contributed by atoms with van der Waals surface area (Å²) >= 11 is 0. The van der Waals surface area contributed by atoms with Gasteiger partial charge in [0.2, 0.25) is 5.95 Å². The van der Waals surface area contributed by atoms with E-state index in [1.807, 2.05) is 25.1 Å². The molecule has 2 aliphatic heterocycles. The molecule has 2 saturated carbocycles. The molecule has 0 radical (unpaired) electrons. The maximum Gasteiger partial charge on any atom is 0.329 e. The summed E-state index contributed by atoms with van der Waals surface area (Å²) in [6, 6.07) is 5.75. The highest BCUT2D eigenvalue weighted by Crippen LogP contribution is 2.50. The zero-order valence-corrected chi connectivity index (χ0v) is 27.1. The van der Waals surface area contributed by atoms with E-state index in [1.165, 1.54) is 6.92 Å². The number of anilines is 2. The van der Waals surface area contributed by atoms with Crippen LogP contribution in [0.2, 0.25) is 0 Å². The fourth-order valence-corrected chi connectivity index (χ4v) is 8.49. The predicted molar refractivity (Wildman–Crippen MR) is 169 cm³/mol. The van der Waals surface area contributed by atoms with Crippen molar-refractivity contribution in [2.45, 2.75) is 90.0 Å².